The highest BCUT2D eigenvalue weighted by Gasteiger charge is 2.09. The van der Waals surface area contributed by atoms with E-state index in [1.54, 1.807) is 6.92 Å². The third-order valence-electron chi connectivity index (χ3n) is 1.09. The van der Waals surface area contributed by atoms with Gasteiger partial charge in [0.2, 0.25) is 0 Å². The highest BCUT2D eigenvalue weighted by atomic mass is 16.5. The number of hydrogen-bond acceptors (Lipinski definition) is 6. The maximum Gasteiger partial charge on any atom is 0.318 e. The molecule has 0 radical (unpaired) electrons. The summed E-state index contributed by atoms with van der Waals surface area (Å²) in [7, 11) is 0. The van der Waals surface area contributed by atoms with E-state index in [9.17, 15) is 4.79 Å². The van der Waals surface area contributed by atoms with Crippen molar-refractivity contribution in [3.8, 4) is 0 Å². The summed E-state index contributed by atoms with van der Waals surface area (Å²) in [5, 5.41) is 3.43. The molecule has 1 aromatic heterocycles. The Morgan fingerprint density at radius 2 is 2.50 bits per heavy atom. The molecule has 12 heavy (non-hydrogen) atoms. The second-order valence-corrected chi connectivity index (χ2v) is 2.03. The topological polar surface area (TPSA) is 91.2 Å². The van der Waals surface area contributed by atoms with Crippen molar-refractivity contribution in [1.29, 1.82) is 0 Å². The molecule has 1 rings (SSSR count). The molecule has 0 aliphatic rings. The van der Waals surface area contributed by atoms with Crippen LogP contribution in [0.5, 0.6) is 0 Å². The second-order valence-electron chi connectivity index (χ2n) is 2.03. The van der Waals surface area contributed by atoms with Crippen LogP contribution in [0, 0.1) is 0 Å². The van der Waals surface area contributed by atoms with Gasteiger partial charge in [0.15, 0.2) is 5.82 Å². The maximum absolute atomic E-state index is 10.8. The van der Waals surface area contributed by atoms with Crippen molar-refractivity contribution in [2.24, 2.45) is 0 Å². The zero-order chi connectivity index (χ0) is 8.97. The average molecular weight is 171 g/mol. The van der Waals surface area contributed by atoms with E-state index in [0.29, 0.717) is 6.61 Å². The minimum atomic E-state index is -0.390. The second kappa shape index (κ2) is 3.70. The van der Waals surface area contributed by atoms with Crippen LogP contribution >= 0.6 is 0 Å². The standard InChI is InChI=1S/C6H9N3O3/c1-2-11-5(10)3-4-8-6(7)12-9-4/h2-3H2,1H3,(H2,7,8,9). The molecule has 1 heterocycles. The number of nitrogens with two attached hydrogens (primary N) is 1. The number of anilines is 1. The first-order chi connectivity index (χ1) is 5.72. The van der Waals surface area contributed by atoms with Crippen molar-refractivity contribution >= 4 is 12.0 Å². The van der Waals surface area contributed by atoms with E-state index < -0.39 is 5.97 Å². The summed E-state index contributed by atoms with van der Waals surface area (Å²) in [4.78, 5) is 14.5. The molecule has 2 N–H and O–H groups in total. The zero-order valence-electron chi connectivity index (χ0n) is 6.61. The molecule has 0 aromatic carbocycles. The predicted octanol–water partition coefficient (Wildman–Crippen LogP) is -0.243. The predicted molar refractivity (Wildman–Crippen MR) is 39.0 cm³/mol. The van der Waals surface area contributed by atoms with Gasteiger partial charge < -0.3 is 15.0 Å². The number of ether oxygens (including phenoxy) is 1. The monoisotopic (exact) mass is 171 g/mol. The number of hydrogen-bond donors (Lipinski definition) is 1. The van der Waals surface area contributed by atoms with Crippen molar-refractivity contribution in [3.63, 3.8) is 0 Å². The Morgan fingerprint density at radius 1 is 1.75 bits per heavy atom. The number of nitrogens with zero attached hydrogens (tertiary/aromatic N) is 2. The first-order valence-corrected chi connectivity index (χ1v) is 3.46. The van der Waals surface area contributed by atoms with Gasteiger partial charge in [0, 0.05) is 0 Å². The molecule has 66 valence electrons. The van der Waals surface area contributed by atoms with Crippen LogP contribution < -0.4 is 5.73 Å². The van der Waals surface area contributed by atoms with E-state index in [2.05, 4.69) is 19.4 Å². The first-order valence-electron chi connectivity index (χ1n) is 3.46. The van der Waals surface area contributed by atoms with Crippen LogP contribution in [0.4, 0.5) is 6.01 Å². The Kier molecular flexibility index (Phi) is 2.62. The van der Waals surface area contributed by atoms with E-state index in [1.165, 1.54) is 0 Å². The molecule has 0 atom stereocenters. The van der Waals surface area contributed by atoms with Crippen LogP contribution in [0.1, 0.15) is 12.7 Å². The summed E-state index contributed by atoms with van der Waals surface area (Å²) >= 11 is 0. The van der Waals surface area contributed by atoms with Gasteiger partial charge in [-0.2, -0.15) is 4.98 Å². The van der Waals surface area contributed by atoms with Crippen LogP contribution in [-0.2, 0) is 16.0 Å². The highest BCUT2D eigenvalue weighted by molar-refractivity contribution is 5.71. The number of esters is 1. The van der Waals surface area contributed by atoms with Gasteiger partial charge in [-0.1, -0.05) is 5.16 Å². The van der Waals surface area contributed by atoms with Crippen LogP contribution in [0.15, 0.2) is 4.52 Å². The molecule has 1 aromatic rings. The normalized spacial score (nSPS) is 9.75. The molecule has 0 spiro atoms. The summed E-state index contributed by atoms with van der Waals surface area (Å²) < 4.78 is 9.11. The summed E-state index contributed by atoms with van der Waals surface area (Å²) in [5.41, 5.74) is 5.14. The molecular weight excluding hydrogens is 162 g/mol. The fourth-order valence-electron chi connectivity index (χ4n) is 0.680. The molecular formula is C6H9N3O3. The number of carbonyl (C=O) groups excluding carboxylic acids is 1. The maximum atomic E-state index is 10.8. The molecule has 0 aliphatic carbocycles. The number of rotatable bonds is 3. The molecule has 0 amide bonds. The van der Waals surface area contributed by atoms with Crippen LogP contribution in [0.25, 0.3) is 0 Å². The Bertz CT molecular complexity index is 271. The quantitative estimate of drug-likeness (QED) is 0.631. The van der Waals surface area contributed by atoms with E-state index in [4.69, 9.17) is 5.73 Å². The van der Waals surface area contributed by atoms with Gasteiger partial charge >= 0.3 is 12.0 Å². The first kappa shape index (κ1) is 8.51. The SMILES string of the molecule is CCOC(=O)Cc1noc(N)n1. The average Bonchev–Trinajstić information content (AvgIpc) is 2.36. The third kappa shape index (κ3) is 2.22. The summed E-state index contributed by atoms with van der Waals surface area (Å²) in [6.07, 6.45) is -0.00542. The Hall–Kier alpha value is -1.59. The van der Waals surface area contributed by atoms with Gasteiger partial charge in [-0.3, -0.25) is 4.79 Å². The van der Waals surface area contributed by atoms with Gasteiger partial charge in [0.05, 0.1) is 6.61 Å². The third-order valence-corrected chi connectivity index (χ3v) is 1.09. The smallest absolute Gasteiger partial charge is 0.318 e. The van der Waals surface area contributed by atoms with Crippen LogP contribution in [0.3, 0.4) is 0 Å². The minimum Gasteiger partial charge on any atom is -0.466 e. The lowest BCUT2D eigenvalue weighted by atomic mass is 10.4. The Morgan fingerprint density at radius 3 is 3.00 bits per heavy atom. The van der Waals surface area contributed by atoms with Crippen molar-refractivity contribution in [1.82, 2.24) is 10.1 Å². The number of aromatic nitrogens is 2. The number of nitrogen functional groups attached to an aromatic ring is 1. The van der Waals surface area contributed by atoms with E-state index in [-0.39, 0.29) is 18.3 Å². The summed E-state index contributed by atoms with van der Waals surface area (Å²) in [6.45, 7) is 2.06. The molecule has 0 aliphatic heterocycles. The zero-order valence-corrected chi connectivity index (χ0v) is 6.61. The fraction of sp³-hybridized carbons (Fsp3) is 0.500. The van der Waals surface area contributed by atoms with Gasteiger partial charge in [-0.25, -0.2) is 0 Å². The van der Waals surface area contributed by atoms with Crippen LogP contribution in [-0.4, -0.2) is 22.7 Å². The molecule has 0 saturated carbocycles. The highest BCUT2D eigenvalue weighted by Crippen LogP contribution is 1.99. The lowest BCUT2D eigenvalue weighted by Gasteiger charge is -1.95. The van der Waals surface area contributed by atoms with Gasteiger partial charge in [0.1, 0.15) is 6.42 Å². The minimum absolute atomic E-state index is 0.00542. The fourth-order valence-corrected chi connectivity index (χ4v) is 0.680. The lowest BCUT2D eigenvalue weighted by Crippen LogP contribution is -2.08. The van der Waals surface area contributed by atoms with Crippen molar-refractivity contribution in [2.75, 3.05) is 12.3 Å². The molecule has 0 fully saturated rings. The van der Waals surface area contributed by atoms with Crippen LogP contribution in [0.2, 0.25) is 0 Å². The molecule has 6 heteroatoms. The molecule has 0 unspecified atom stereocenters. The Labute approximate surface area is 68.7 Å². The van der Waals surface area contributed by atoms with Gasteiger partial charge in [-0.15, -0.1) is 0 Å². The van der Waals surface area contributed by atoms with E-state index >= 15 is 0 Å². The summed E-state index contributed by atoms with van der Waals surface area (Å²) in [5.74, 6) is -0.149. The molecule has 0 bridgehead atoms. The molecule has 0 saturated heterocycles. The molecule has 6 nitrogen and oxygen atoms in total. The van der Waals surface area contributed by atoms with E-state index in [1.807, 2.05) is 0 Å². The van der Waals surface area contributed by atoms with E-state index in [0.717, 1.165) is 0 Å². The number of carbonyl (C=O) groups is 1. The summed E-state index contributed by atoms with van der Waals surface area (Å²) in [6, 6.07) is -0.0469. The van der Waals surface area contributed by atoms with Gasteiger partial charge in [0.25, 0.3) is 0 Å². The Balaban J connectivity index is 2.46. The van der Waals surface area contributed by atoms with Crippen molar-refractivity contribution in [3.05, 3.63) is 5.82 Å². The lowest BCUT2D eigenvalue weighted by molar-refractivity contribution is -0.142. The largest absolute Gasteiger partial charge is 0.466 e. The van der Waals surface area contributed by atoms with Crippen molar-refractivity contribution in [2.45, 2.75) is 13.3 Å². The van der Waals surface area contributed by atoms with Crippen molar-refractivity contribution < 1.29 is 14.1 Å². The van der Waals surface area contributed by atoms with Gasteiger partial charge in [-0.05, 0) is 6.92 Å².